The molecule has 1 nitrogen and oxygen atoms in total. The lowest BCUT2D eigenvalue weighted by Crippen LogP contribution is -2.31. The van der Waals surface area contributed by atoms with Crippen molar-refractivity contribution in [2.45, 2.75) is 19.4 Å². The normalized spacial score (nSPS) is 24.8. The standard InChI is InChI=1S/C13H17N/c1-4-10-14(3)12(2)11-13-8-6-5-7-9-13/h1,5-9,12H,10-11H2,2-3H3/t12-/m1/s1/i3D3,5D,6D,7D,8D,9D,12D. The average Bonchev–Trinajstić information content (AvgIpc) is 2.43. The van der Waals surface area contributed by atoms with Gasteiger partial charge in [0.25, 0.3) is 0 Å². The molecule has 0 bridgehead atoms. The van der Waals surface area contributed by atoms with Crippen LogP contribution in [0.1, 0.15) is 24.8 Å². The lowest BCUT2D eigenvalue weighted by Gasteiger charge is -2.22. The molecule has 74 valence electrons. The van der Waals surface area contributed by atoms with Crippen LogP contribution in [0.25, 0.3) is 0 Å². The van der Waals surface area contributed by atoms with E-state index in [9.17, 15) is 0 Å². The van der Waals surface area contributed by atoms with E-state index < -0.39 is 43.2 Å². The predicted molar refractivity (Wildman–Crippen MR) is 61.1 cm³/mol. The minimum atomic E-state index is -2.64. The molecule has 0 aliphatic rings. The molecular formula is C13H17N. The van der Waals surface area contributed by atoms with E-state index in [4.69, 9.17) is 18.8 Å². The molecule has 1 aromatic carbocycles. The Morgan fingerprint density at radius 3 is 2.93 bits per heavy atom. The van der Waals surface area contributed by atoms with Crippen molar-refractivity contribution >= 4 is 0 Å². The van der Waals surface area contributed by atoms with Gasteiger partial charge in [-0.3, -0.25) is 4.90 Å². The Kier molecular flexibility index (Phi) is 1.45. The number of nitrogens with zero attached hydrogens (tertiary/aromatic N) is 1. The van der Waals surface area contributed by atoms with Crippen molar-refractivity contribution in [2.24, 2.45) is 0 Å². The molecule has 1 rings (SSSR count). The molecule has 0 unspecified atom stereocenters. The van der Waals surface area contributed by atoms with Crippen LogP contribution in [0.2, 0.25) is 0 Å². The number of likely N-dealkylation sites (N-methyl/N-ethyl adjacent to an activating group) is 1. The second-order valence-electron chi connectivity index (χ2n) is 2.81. The van der Waals surface area contributed by atoms with Gasteiger partial charge in [0.1, 0.15) is 0 Å². The fraction of sp³-hybridized carbons (Fsp3) is 0.385. The van der Waals surface area contributed by atoms with E-state index in [0.29, 0.717) is 0 Å². The van der Waals surface area contributed by atoms with E-state index in [-0.39, 0.29) is 18.5 Å². The summed E-state index contributed by atoms with van der Waals surface area (Å²) in [5, 5.41) is 0. The van der Waals surface area contributed by atoms with Gasteiger partial charge in [-0.2, -0.15) is 0 Å². The first-order valence-corrected chi connectivity index (χ1v) is 4.11. The van der Waals surface area contributed by atoms with Gasteiger partial charge in [0.05, 0.1) is 13.4 Å². The molecule has 0 spiro atoms. The first kappa shape index (κ1) is 3.72. The van der Waals surface area contributed by atoms with Gasteiger partial charge in [-0.05, 0) is 25.9 Å². The highest BCUT2D eigenvalue weighted by Gasteiger charge is 2.07. The van der Waals surface area contributed by atoms with Crippen LogP contribution in [0.15, 0.2) is 30.2 Å². The molecule has 0 saturated carbocycles. The maximum Gasteiger partial charge on any atom is 0.0626 e. The van der Waals surface area contributed by atoms with Gasteiger partial charge < -0.3 is 0 Å². The molecule has 1 atom stereocenters. The van der Waals surface area contributed by atoms with Crippen molar-refractivity contribution in [3.63, 3.8) is 0 Å². The Balaban J connectivity index is 3.38. The molecule has 0 aliphatic heterocycles. The topological polar surface area (TPSA) is 3.24 Å². The van der Waals surface area contributed by atoms with Crippen LogP contribution in [0.3, 0.4) is 0 Å². The van der Waals surface area contributed by atoms with E-state index >= 15 is 0 Å². The third kappa shape index (κ3) is 3.24. The Bertz CT molecular complexity index is 613. The van der Waals surface area contributed by atoms with E-state index in [1.807, 2.05) is 0 Å². The number of benzene rings is 1. The van der Waals surface area contributed by atoms with Crippen LogP contribution in [-0.2, 0) is 6.42 Å². The van der Waals surface area contributed by atoms with Crippen LogP contribution < -0.4 is 0 Å². The molecule has 14 heavy (non-hydrogen) atoms. The zero-order chi connectivity index (χ0) is 18.2. The Morgan fingerprint density at radius 1 is 1.64 bits per heavy atom. The summed E-state index contributed by atoms with van der Waals surface area (Å²) in [6.45, 7) is -1.68. The van der Waals surface area contributed by atoms with Crippen LogP contribution in [-0.4, -0.2) is 24.4 Å². The molecule has 0 saturated heterocycles. The van der Waals surface area contributed by atoms with Crippen molar-refractivity contribution in [1.82, 2.24) is 4.90 Å². The maximum atomic E-state index is 8.30. The smallest absolute Gasteiger partial charge is 0.0626 e. The molecule has 0 aromatic heterocycles. The first-order chi connectivity index (χ1) is 10.3. The summed E-state index contributed by atoms with van der Waals surface area (Å²) in [4.78, 5) is 0.778. The van der Waals surface area contributed by atoms with E-state index in [0.717, 1.165) is 4.90 Å². The van der Waals surface area contributed by atoms with Gasteiger partial charge in [-0.25, -0.2) is 0 Å². The summed E-state index contributed by atoms with van der Waals surface area (Å²) in [6.07, 6.45) is 4.79. The van der Waals surface area contributed by atoms with Gasteiger partial charge >= 0.3 is 0 Å². The second kappa shape index (κ2) is 5.47. The summed E-state index contributed by atoms with van der Waals surface area (Å²) >= 11 is 0. The number of terminal acetylenes is 1. The predicted octanol–water partition coefficient (Wildman–Crippen LogP) is 2.18. The van der Waals surface area contributed by atoms with Crippen LogP contribution in [0.4, 0.5) is 0 Å². The molecule has 0 amide bonds. The monoisotopic (exact) mass is 196 g/mol. The molecule has 0 fully saturated rings. The fourth-order valence-electron chi connectivity index (χ4n) is 0.942. The van der Waals surface area contributed by atoms with Gasteiger partial charge in [-0.1, -0.05) is 36.1 Å². The molecule has 0 aliphatic carbocycles. The van der Waals surface area contributed by atoms with E-state index in [2.05, 4.69) is 5.92 Å². The number of hydrogen-bond acceptors (Lipinski definition) is 1. The SMILES string of the molecule is [2H]c1c([2H])c([2H])c(C[C@@]([2H])(C)N(CC#C)C([2H])([2H])[2H])c([2H])c1[2H]. The quantitative estimate of drug-likeness (QED) is 0.667. The third-order valence-corrected chi connectivity index (χ3v) is 1.69. The van der Waals surface area contributed by atoms with Crippen LogP contribution >= 0.6 is 0 Å². The average molecular weight is 196 g/mol. The Morgan fingerprint density at radius 2 is 2.36 bits per heavy atom. The van der Waals surface area contributed by atoms with Crippen LogP contribution in [0, 0.1) is 12.3 Å². The minimum absolute atomic E-state index is 0.111. The molecule has 0 radical (unpaired) electrons. The number of rotatable bonds is 4. The highest BCUT2D eigenvalue weighted by Crippen LogP contribution is 2.06. The van der Waals surface area contributed by atoms with Gasteiger partial charge in [-0.15, -0.1) is 6.42 Å². The molecule has 0 N–H and O–H groups in total. The van der Waals surface area contributed by atoms with Gasteiger partial charge in [0.15, 0.2) is 0 Å². The van der Waals surface area contributed by atoms with E-state index in [1.165, 1.54) is 6.92 Å². The molecule has 1 heteroatoms. The fourth-order valence-corrected chi connectivity index (χ4v) is 0.942. The maximum absolute atomic E-state index is 8.30. The first-order valence-electron chi connectivity index (χ1n) is 8.61. The van der Waals surface area contributed by atoms with E-state index in [1.54, 1.807) is 0 Å². The highest BCUT2D eigenvalue weighted by molar-refractivity contribution is 5.15. The Hall–Kier alpha value is -1.26. The highest BCUT2D eigenvalue weighted by atomic mass is 15.1. The van der Waals surface area contributed by atoms with Gasteiger partial charge in [0.2, 0.25) is 0 Å². The van der Waals surface area contributed by atoms with Crippen LogP contribution in [0.5, 0.6) is 0 Å². The lowest BCUT2D eigenvalue weighted by molar-refractivity contribution is 0.287. The second-order valence-corrected chi connectivity index (χ2v) is 2.81. The molecule has 1 aromatic rings. The molecule has 0 heterocycles. The molecular weight excluding hydrogens is 170 g/mol. The largest absolute Gasteiger partial charge is 0.292 e. The summed E-state index contributed by atoms with van der Waals surface area (Å²) in [7, 11) is 0. The summed E-state index contributed by atoms with van der Waals surface area (Å²) in [5.74, 6) is 2.18. The third-order valence-electron chi connectivity index (χ3n) is 1.69. The Labute approximate surface area is 99.4 Å². The van der Waals surface area contributed by atoms with Crippen molar-refractivity contribution in [1.29, 1.82) is 0 Å². The van der Waals surface area contributed by atoms with Crippen molar-refractivity contribution in [3.8, 4) is 12.3 Å². The zero-order valence-corrected chi connectivity index (χ0v) is 7.94. The summed E-state index contributed by atoms with van der Waals surface area (Å²) in [6, 6.07) is -4.23. The lowest BCUT2D eigenvalue weighted by atomic mass is 10.1. The summed E-state index contributed by atoms with van der Waals surface area (Å²) < 4.78 is 69.3. The van der Waals surface area contributed by atoms with Crippen molar-refractivity contribution < 1.29 is 12.3 Å². The van der Waals surface area contributed by atoms with Crippen molar-refractivity contribution in [3.05, 3.63) is 35.8 Å². The van der Waals surface area contributed by atoms with Gasteiger partial charge in [0, 0.05) is 11.5 Å². The zero-order valence-electron chi connectivity index (χ0n) is 16.9. The minimum Gasteiger partial charge on any atom is -0.292 e. The van der Waals surface area contributed by atoms with Crippen molar-refractivity contribution in [2.75, 3.05) is 13.5 Å². The summed E-state index contributed by atoms with van der Waals surface area (Å²) in [5.41, 5.74) is -0.111. The number of hydrogen-bond donors (Lipinski definition) is 0.